The number of benzene rings is 1. The second kappa shape index (κ2) is 5.36. The number of carbonyl (C=O) groups excluding carboxylic acids is 1. The lowest BCUT2D eigenvalue weighted by molar-refractivity contribution is -0.117. The highest BCUT2D eigenvalue weighted by Crippen LogP contribution is 2.23. The van der Waals surface area contributed by atoms with Crippen LogP contribution in [0.15, 0.2) is 36.8 Å². The van der Waals surface area contributed by atoms with Crippen LogP contribution in [0.5, 0.6) is 0 Å². The maximum absolute atomic E-state index is 11.7. The quantitative estimate of drug-likeness (QED) is 0.926. The fourth-order valence-electron chi connectivity index (χ4n) is 2.43. The molecule has 0 atom stereocenters. The largest absolute Gasteiger partial charge is 0.379 e. The Balaban J connectivity index is 1.64. The number of rotatable bonds is 4. The molecule has 0 spiro atoms. The first-order chi connectivity index (χ1) is 9.74. The first-order valence-corrected chi connectivity index (χ1v) is 6.83. The van der Waals surface area contributed by atoms with Crippen molar-refractivity contribution >= 4 is 17.3 Å². The lowest BCUT2D eigenvalue weighted by atomic mass is 10.2. The van der Waals surface area contributed by atoms with Crippen molar-refractivity contribution in [3.63, 3.8) is 0 Å². The molecule has 0 unspecified atom stereocenters. The van der Waals surface area contributed by atoms with E-state index in [4.69, 9.17) is 0 Å². The zero-order valence-electron chi connectivity index (χ0n) is 11.5. The van der Waals surface area contributed by atoms with Crippen molar-refractivity contribution in [3.8, 4) is 0 Å². The van der Waals surface area contributed by atoms with Crippen LogP contribution in [0.1, 0.15) is 18.5 Å². The van der Waals surface area contributed by atoms with Gasteiger partial charge in [-0.15, -0.1) is 0 Å². The minimum atomic E-state index is 0.223. The molecule has 104 valence electrons. The van der Waals surface area contributed by atoms with Crippen LogP contribution in [-0.2, 0) is 18.4 Å². The van der Waals surface area contributed by atoms with Gasteiger partial charge in [-0.2, -0.15) is 0 Å². The lowest BCUT2D eigenvalue weighted by Gasteiger charge is -2.16. The topological polar surface area (TPSA) is 50.2 Å². The zero-order valence-corrected chi connectivity index (χ0v) is 11.5. The maximum atomic E-state index is 11.7. The van der Waals surface area contributed by atoms with E-state index in [0.717, 1.165) is 36.6 Å². The summed E-state index contributed by atoms with van der Waals surface area (Å²) in [7, 11) is 1.98. The first-order valence-electron chi connectivity index (χ1n) is 6.83. The van der Waals surface area contributed by atoms with Crippen molar-refractivity contribution in [3.05, 3.63) is 42.5 Å². The van der Waals surface area contributed by atoms with Crippen LogP contribution in [-0.4, -0.2) is 22.0 Å². The Kier molecular flexibility index (Phi) is 3.41. The van der Waals surface area contributed by atoms with E-state index in [9.17, 15) is 4.79 Å². The molecule has 1 fully saturated rings. The second-order valence-electron chi connectivity index (χ2n) is 5.05. The van der Waals surface area contributed by atoms with Gasteiger partial charge >= 0.3 is 0 Å². The Morgan fingerprint density at radius 1 is 1.30 bits per heavy atom. The van der Waals surface area contributed by atoms with Crippen LogP contribution < -0.4 is 10.2 Å². The predicted octanol–water partition coefficient (Wildman–Crippen LogP) is 2.16. The highest BCUT2D eigenvalue weighted by Gasteiger charge is 2.21. The minimum absolute atomic E-state index is 0.223. The van der Waals surface area contributed by atoms with Gasteiger partial charge in [-0.05, 0) is 30.7 Å². The van der Waals surface area contributed by atoms with Gasteiger partial charge in [-0.1, -0.05) is 0 Å². The lowest BCUT2D eigenvalue weighted by Crippen LogP contribution is -2.23. The Bertz CT molecular complexity index is 603. The summed E-state index contributed by atoms with van der Waals surface area (Å²) >= 11 is 0. The van der Waals surface area contributed by atoms with Crippen molar-refractivity contribution in [1.29, 1.82) is 0 Å². The van der Waals surface area contributed by atoms with Gasteiger partial charge in [0.25, 0.3) is 0 Å². The molecule has 0 bridgehead atoms. The van der Waals surface area contributed by atoms with Crippen LogP contribution >= 0.6 is 0 Å². The highest BCUT2D eigenvalue weighted by molar-refractivity contribution is 5.95. The number of nitrogens with zero attached hydrogens (tertiary/aromatic N) is 3. The number of amides is 1. The molecule has 2 heterocycles. The number of hydrogen-bond donors (Lipinski definition) is 1. The molecule has 1 aliphatic rings. The summed E-state index contributed by atoms with van der Waals surface area (Å²) in [6.07, 6.45) is 5.27. The van der Waals surface area contributed by atoms with Crippen LogP contribution in [0.2, 0.25) is 0 Å². The molecule has 2 aromatic rings. The van der Waals surface area contributed by atoms with E-state index in [1.54, 1.807) is 6.33 Å². The van der Waals surface area contributed by atoms with Crippen LogP contribution in [0.4, 0.5) is 11.4 Å². The van der Waals surface area contributed by atoms with Gasteiger partial charge in [0.1, 0.15) is 0 Å². The van der Waals surface area contributed by atoms with E-state index < -0.39 is 0 Å². The van der Waals surface area contributed by atoms with E-state index in [1.807, 2.05) is 47.0 Å². The highest BCUT2D eigenvalue weighted by atomic mass is 16.2. The molecule has 1 amide bonds. The molecular weight excluding hydrogens is 252 g/mol. The fraction of sp³-hybridized carbons (Fsp3) is 0.333. The number of imidazole rings is 1. The summed E-state index contributed by atoms with van der Waals surface area (Å²) < 4.78 is 1.99. The molecule has 1 aliphatic heterocycles. The molecule has 1 aromatic heterocycles. The molecule has 0 aliphatic carbocycles. The number of carbonyl (C=O) groups is 1. The molecule has 0 saturated carbocycles. The smallest absolute Gasteiger partial charge is 0.227 e. The Hall–Kier alpha value is -2.30. The Morgan fingerprint density at radius 2 is 2.10 bits per heavy atom. The third-order valence-electron chi connectivity index (χ3n) is 3.64. The zero-order chi connectivity index (χ0) is 13.9. The predicted molar refractivity (Wildman–Crippen MR) is 78.6 cm³/mol. The van der Waals surface area contributed by atoms with Gasteiger partial charge in [0, 0.05) is 37.6 Å². The Morgan fingerprint density at radius 3 is 2.70 bits per heavy atom. The van der Waals surface area contributed by atoms with Crippen molar-refractivity contribution in [2.45, 2.75) is 19.4 Å². The normalized spacial score (nSPS) is 14.8. The molecule has 5 heteroatoms. The molecule has 1 saturated heterocycles. The molecular formula is C15H18N4O. The van der Waals surface area contributed by atoms with Crippen molar-refractivity contribution in [2.75, 3.05) is 16.8 Å². The summed E-state index contributed by atoms with van der Waals surface area (Å²) in [4.78, 5) is 17.6. The van der Waals surface area contributed by atoms with E-state index in [0.29, 0.717) is 6.42 Å². The van der Waals surface area contributed by atoms with Crippen LogP contribution in [0.25, 0.3) is 0 Å². The summed E-state index contributed by atoms with van der Waals surface area (Å²) in [5.41, 5.74) is 3.16. The molecule has 3 rings (SSSR count). The molecule has 1 N–H and O–H groups in total. The second-order valence-corrected chi connectivity index (χ2v) is 5.05. The average molecular weight is 270 g/mol. The monoisotopic (exact) mass is 270 g/mol. The van der Waals surface area contributed by atoms with Crippen molar-refractivity contribution in [2.24, 2.45) is 7.05 Å². The number of hydrogen-bond acceptors (Lipinski definition) is 3. The molecule has 5 nitrogen and oxygen atoms in total. The fourth-order valence-corrected chi connectivity index (χ4v) is 2.43. The van der Waals surface area contributed by atoms with Crippen LogP contribution in [0, 0.1) is 0 Å². The van der Waals surface area contributed by atoms with E-state index in [-0.39, 0.29) is 5.91 Å². The van der Waals surface area contributed by atoms with Gasteiger partial charge in [-0.3, -0.25) is 4.79 Å². The van der Waals surface area contributed by atoms with E-state index >= 15 is 0 Å². The van der Waals surface area contributed by atoms with Gasteiger partial charge in [0.2, 0.25) is 5.91 Å². The number of nitrogens with one attached hydrogen (secondary N) is 1. The number of anilines is 2. The molecule has 1 aromatic carbocycles. The summed E-state index contributed by atoms with van der Waals surface area (Å²) in [5, 5.41) is 3.35. The summed E-state index contributed by atoms with van der Waals surface area (Å²) in [6, 6.07) is 8.01. The van der Waals surface area contributed by atoms with Crippen molar-refractivity contribution < 1.29 is 4.79 Å². The van der Waals surface area contributed by atoms with Gasteiger partial charge < -0.3 is 14.8 Å². The SMILES string of the molecule is Cn1cncc1CNc1ccc(N2CCCC2=O)cc1. The summed E-state index contributed by atoms with van der Waals surface area (Å²) in [5.74, 6) is 0.223. The van der Waals surface area contributed by atoms with Crippen LogP contribution in [0.3, 0.4) is 0 Å². The minimum Gasteiger partial charge on any atom is -0.379 e. The standard InChI is InChI=1S/C15H18N4O/c1-18-11-16-9-14(18)10-17-12-4-6-13(7-5-12)19-8-2-3-15(19)20/h4-7,9,11,17H,2-3,8,10H2,1H3. The van der Waals surface area contributed by atoms with Gasteiger partial charge in [-0.25, -0.2) is 4.98 Å². The molecule has 0 radical (unpaired) electrons. The number of aromatic nitrogens is 2. The van der Waals surface area contributed by atoms with Gasteiger partial charge in [0.15, 0.2) is 0 Å². The maximum Gasteiger partial charge on any atom is 0.227 e. The molecule has 20 heavy (non-hydrogen) atoms. The average Bonchev–Trinajstić information content (AvgIpc) is 3.06. The van der Waals surface area contributed by atoms with E-state index in [1.165, 1.54) is 0 Å². The van der Waals surface area contributed by atoms with Gasteiger partial charge in [0.05, 0.1) is 18.6 Å². The third-order valence-corrected chi connectivity index (χ3v) is 3.64. The first kappa shape index (κ1) is 12.7. The van der Waals surface area contributed by atoms with E-state index in [2.05, 4.69) is 10.3 Å². The number of aryl methyl sites for hydroxylation is 1. The third kappa shape index (κ3) is 2.52. The van der Waals surface area contributed by atoms with Crippen molar-refractivity contribution in [1.82, 2.24) is 9.55 Å². The Labute approximate surface area is 118 Å². The summed E-state index contributed by atoms with van der Waals surface area (Å²) in [6.45, 7) is 1.57.